The zero-order chi connectivity index (χ0) is 24.4. The third kappa shape index (κ3) is 5.03. The molecule has 9 heteroatoms. The Bertz CT molecular complexity index is 1280. The van der Waals surface area contributed by atoms with E-state index in [1.54, 1.807) is 6.20 Å². The molecule has 2 aliphatic rings. The van der Waals surface area contributed by atoms with Crippen molar-refractivity contribution in [2.24, 2.45) is 11.8 Å². The first-order valence-corrected chi connectivity index (χ1v) is 12.1. The number of amides is 1. The highest BCUT2D eigenvalue weighted by Gasteiger charge is 2.28. The van der Waals surface area contributed by atoms with Gasteiger partial charge in [-0.05, 0) is 43.2 Å². The quantitative estimate of drug-likeness (QED) is 0.586. The Kier molecular flexibility index (Phi) is 6.73. The molecule has 1 saturated heterocycles. The molecule has 0 radical (unpaired) electrons. The first kappa shape index (κ1) is 23.4. The number of nitriles is 1. The van der Waals surface area contributed by atoms with Gasteiger partial charge >= 0.3 is 0 Å². The van der Waals surface area contributed by atoms with E-state index in [2.05, 4.69) is 15.0 Å². The molecular weight excluding hydrogens is 452 g/mol. The third-order valence-electron chi connectivity index (χ3n) is 7.12. The van der Waals surface area contributed by atoms with E-state index < -0.39 is 11.6 Å². The topological polar surface area (TPSA) is 94.9 Å². The van der Waals surface area contributed by atoms with Crippen molar-refractivity contribution < 1.29 is 18.3 Å². The maximum Gasteiger partial charge on any atom is 0.223 e. The van der Waals surface area contributed by atoms with E-state index in [1.165, 1.54) is 12.1 Å². The monoisotopic (exact) mass is 479 g/mol. The summed E-state index contributed by atoms with van der Waals surface area (Å²) in [5.41, 5.74) is 1.69. The number of rotatable bonds is 5. The molecular formula is C26H27F2N5O2. The van der Waals surface area contributed by atoms with Gasteiger partial charge in [0.1, 0.15) is 23.4 Å². The number of pyridine rings is 2. The minimum absolute atomic E-state index is 0.0917. The summed E-state index contributed by atoms with van der Waals surface area (Å²) < 4.78 is 34.1. The third-order valence-corrected chi connectivity index (χ3v) is 7.12. The number of hydrogen-bond acceptors (Lipinski definition) is 5. The van der Waals surface area contributed by atoms with E-state index in [-0.39, 0.29) is 23.3 Å². The van der Waals surface area contributed by atoms with Gasteiger partial charge in [0.15, 0.2) is 0 Å². The van der Waals surface area contributed by atoms with Crippen LogP contribution in [0.15, 0.2) is 24.5 Å². The second kappa shape index (κ2) is 10.1. The molecule has 2 fully saturated rings. The van der Waals surface area contributed by atoms with Gasteiger partial charge in [-0.3, -0.25) is 4.79 Å². The van der Waals surface area contributed by atoms with E-state index >= 15 is 0 Å². The highest BCUT2D eigenvalue weighted by molar-refractivity contribution is 5.93. The number of hydrogen-bond donors (Lipinski definition) is 1. The SMILES string of the molecule is N#Cc1cc(F)c(C[C@H]2CCC[C@@H](CC(=O)N3CCOCC3)C2)nc1-c1c[nH]c2ncc(F)cc12. The Morgan fingerprint density at radius 3 is 2.83 bits per heavy atom. The fourth-order valence-electron chi connectivity index (χ4n) is 5.37. The summed E-state index contributed by atoms with van der Waals surface area (Å²) in [6.07, 6.45) is 7.45. The average molecular weight is 480 g/mol. The fourth-order valence-corrected chi connectivity index (χ4v) is 5.37. The lowest BCUT2D eigenvalue weighted by molar-refractivity contribution is -0.136. The van der Waals surface area contributed by atoms with Crippen molar-refractivity contribution in [2.45, 2.75) is 38.5 Å². The molecule has 1 amide bonds. The molecule has 182 valence electrons. The van der Waals surface area contributed by atoms with Gasteiger partial charge in [-0.15, -0.1) is 0 Å². The van der Waals surface area contributed by atoms with Crippen molar-refractivity contribution in [1.29, 1.82) is 5.26 Å². The Morgan fingerprint density at radius 1 is 1.23 bits per heavy atom. The van der Waals surface area contributed by atoms with Crippen LogP contribution in [0.2, 0.25) is 0 Å². The van der Waals surface area contributed by atoms with Gasteiger partial charge in [0.25, 0.3) is 0 Å². The average Bonchev–Trinajstić information content (AvgIpc) is 3.28. The smallest absolute Gasteiger partial charge is 0.223 e. The molecule has 35 heavy (non-hydrogen) atoms. The van der Waals surface area contributed by atoms with Crippen molar-refractivity contribution in [3.63, 3.8) is 0 Å². The molecule has 1 aliphatic carbocycles. The Balaban J connectivity index is 1.35. The largest absolute Gasteiger partial charge is 0.378 e. The second-order valence-electron chi connectivity index (χ2n) is 9.48. The van der Waals surface area contributed by atoms with E-state index in [0.29, 0.717) is 67.1 Å². The van der Waals surface area contributed by atoms with Crippen molar-refractivity contribution in [3.8, 4) is 17.3 Å². The van der Waals surface area contributed by atoms with Gasteiger partial charge in [-0.25, -0.2) is 18.7 Å². The van der Waals surface area contributed by atoms with Crippen LogP contribution < -0.4 is 0 Å². The number of carbonyl (C=O) groups excluding carboxylic acids is 1. The zero-order valence-electron chi connectivity index (χ0n) is 19.4. The van der Waals surface area contributed by atoms with E-state index in [1.807, 2.05) is 11.0 Å². The number of aromatic amines is 1. The first-order chi connectivity index (χ1) is 17.0. The van der Waals surface area contributed by atoms with Crippen LogP contribution in [0, 0.1) is 34.8 Å². The predicted molar refractivity (Wildman–Crippen MR) is 125 cm³/mol. The summed E-state index contributed by atoms with van der Waals surface area (Å²) in [6.45, 7) is 2.46. The molecule has 1 saturated carbocycles. The van der Waals surface area contributed by atoms with Gasteiger partial charge in [-0.2, -0.15) is 5.26 Å². The lowest BCUT2D eigenvalue weighted by Crippen LogP contribution is -2.41. The van der Waals surface area contributed by atoms with Crippen molar-refractivity contribution >= 4 is 16.9 Å². The summed E-state index contributed by atoms with van der Waals surface area (Å²) in [7, 11) is 0. The number of carbonyl (C=O) groups is 1. The van der Waals surface area contributed by atoms with Gasteiger partial charge in [0.2, 0.25) is 5.91 Å². The molecule has 7 nitrogen and oxygen atoms in total. The predicted octanol–water partition coefficient (Wildman–Crippen LogP) is 4.37. The van der Waals surface area contributed by atoms with E-state index in [9.17, 15) is 18.8 Å². The summed E-state index contributed by atoms with van der Waals surface area (Å²) in [5.74, 6) is -0.368. The van der Waals surface area contributed by atoms with Crippen molar-refractivity contribution in [3.05, 3.63) is 47.4 Å². The van der Waals surface area contributed by atoms with Gasteiger partial charge in [0.05, 0.1) is 36.4 Å². The van der Waals surface area contributed by atoms with Gasteiger partial charge < -0.3 is 14.6 Å². The van der Waals surface area contributed by atoms with Crippen LogP contribution >= 0.6 is 0 Å². The Labute approximate surface area is 202 Å². The van der Waals surface area contributed by atoms with Crippen LogP contribution in [0.1, 0.15) is 43.4 Å². The lowest BCUT2D eigenvalue weighted by atomic mass is 9.77. The van der Waals surface area contributed by atoms with Crippen molar-refractivity contribution in [1.82, 2.24) is 19.9 Å². The Morgan fingerprint density at radius 2 is 2.03 bits per heavy atom. The zero-order valence-corrected chi connectivity index (χ0v) is 19.4. The standard InChI is InChI=1S/C26H27F2N5O2/c27-19-12-20-21(15-31-26(20)30-14-19)25-18(13-29)11-22(28)23(32-25)9-16-2-1-3-17(8-16)10-24(34)33-4-6-35-7-5-33/h11-12,14-17H,1-10H2,(H,30,31)/t16-,17+/m0/s1. The molecule has 0 bridgehead atoms. The first-order valence-electron chi connectivity index (χ1n) is 12.1. The highest BCUT2D eigenvalue weighted by atomic mass is 19.1. The normalized spacial score (nSPS) is 20.7. The molecule has 3 aromatic heterocycles. The van der Waals surface area contributed by atoms with Crippen LogP contribution in [0.4, 0.5) is 8.78 Å². The molecule has 2 atom stereocenters. The summed E-state index contributed by atoms with van der Waals surface area (Å²) in [4.78, 5) is 26.1. The maximum absolute atomic E-state index is 15.0. The number of aromatic nitrogens is 3. The van der Waals surface area contributed by atoms with Crippen LogP contribution in [0.5, 0.6) is 0 Å². The molecule has 0 unspecified atom stereocenters. The number of fused-ring (bicyclic) bond motifs is 1. The molecule has 3 aromatic rings. The number of H-pyrrole nitrogens is 1. The molecule has 1 aliphatic heterocycles. The number of halogens is 2. The summed E-state index contributed by atoms with van der Waals surface area (Å²) in [5, 5.41) is 10.1. The van der Waals surface area contributed by atoms with E-state index in [0.717, 1.165) is 31.9 Å². The van der Waals surface area contributed by atoms with Crippen LogP contribution in [-0.2, 0) is 16.0 Å². The molecule has 5 rings (SSSR count). The van der Waals surface area contributed by atoms with Gasteiger partial charge in [-0.1, -0.05) is 12.8 Å². The van der Waals surface area contributed by atoms with Crippen LogP contribution in [0.3, 0.4) is 0 Å². The minimum atomic E-state index is -0.513. The number of ether oxygens (including phenoxy) is 1. The fraction of sp³-hybridized carbons (Fsp3) is 0.462. The molecule has 4 heterocycles. The molecule has 0 aromatic carbocycles. The minimum Gasteiger partial charge on any atom is -0.378 e. The number of morpholine rings is 1. The molecule has 0 spiro atoms. The number of nitrogens with one attached hydrogen (secondary N) is 1. The van der Waals surface area contributed by atoms with Crippen LogP contribution in [-0.4, -0.2) is 52.1 Å². The lowest BCUT2D eigenvalue weighted by Gasteiger charge is -2.32. The maximum atomic E-state index is 15.0. The number of nitrogens with zero attached hydrogens (tertiary/aromatic N) is 4. The summed E-state index contributed by atoms with van der Waals surface area (Å²) in [6, 6.07) is 4.56. The summed E-state index contributed by atoms with van der Waals surface area (Å²) >= 11 is 0. The van der Waals surface area contributed by atoms with Crippen molar-refractivity contribution in [2.75, 3.05) is 26.3 Å². The molecule has 1 N–H and O–H groups in total. The van der Waals surface area contributed by atoms with Crippen LogP contribution in [0.25, 0.3) is 22.3 Å². The second-order valence-corrected chi connectivity index (χ2v) is 9.48. The van der Waals surface area contributed by atoms with E-state index in [4.69, 9.17) is 4.74 Å². The Hall–Kier alpha value is -3.38. The van der Waals surface area contributed by atoms with Gasteiger partial charge in [0, 0.05) is 36.7 Å². The highest BCUT2D eigenvalue weighted by Crippen LogP contribution is 2.35.